The molecule has 0 aliphatic heterocycles. The maximum absolute atomic E-state index is 9.83. The molecular weight excluding hydrogens is 244 g/mol. The quantitative estimate of drug-likeness (QED) is 0.624. The average molecular weight is 272 g/mol. The fourth-order valence-electron chi connectivity index (χ4n) is 2.62. The second kappa shape index (κ2) is 8.76. The van der Waals surface area contributed by atoms with Gasteiger partial charge in [-0.05, 0) is 39.0 Å². The van der Waals surface area contributed by atoms with E-state index in [-0.39, 0.29) is 5.41 Å². The minimum Gasteiger partial charge on any atom is -0.309 e. The van der Waals surface area contributed by atoms with E-state index in [2.05, 4.69) is 44.1 Å². The number of hydrogen-bond acceptors (Lipinski definition) is 2. The maximum atomic E-state index is 9.83. The van der Waals surface area contributed by atoms with Gasteiger partial charge in [0.25, 0.3) is 0 Å². The van der Waals surface area contributed by atoms with Crippen molar-refractivity contribution in [3.63, 3.8) is 0 Å². The van der Waals surface area contributed by atoms with Gasteiger partial charge in [-0.3, -0.25) is 0 Å². The molecule has 1 atom stereocenters. The maximum Gasteiger partial charge on any atom is 0.0834 e. The van der Waals surface area contributed by atoms with Crippen LogP contribution in [0, 0.1) is 11.3 Å². The molecule has 0 fully saturated rings. The molecule has 0 saturated carbocycles. The lowest BCUT2D eigenvalue weighted by atomic mass is 9.75. The van der Waals surface area contributed by atoms with Gasteiger partial charge < -0.3 is 4.90 Å². The highest BCUT2D eigenvalue weighted by Crippen LogP contribution is 2.33. The van der Waals surface area contributed by atoms with E-state index >= 15 is 0 Å². The molecule has 0 aliphatic rings. The Labute approximate surface area is 124 Å². The predicted octanol–water partition coefficient (Wildman–Crippen LogP) is 4.37. The van der Waals surface area contributed by atoms with Crippen LogP contribution in [0.15, 0.2) is 30.3 Å². The molecule has 0 amide bonds. The van der Waals surface area contributed by atoms with E-state index in [0.29, 0.717) is 0 Å². The highest BCUT2D eigenvalue weighted by molar-refractivity contribution is 5.32. The topological polar surface area (TPSA) is 27.0 Å². The van der Waals surface area contributed by atoms with E-state index < -0.39 is 0 Å². The molecule has 2 nitrogen and oxygen atoms in total. The predicted molar refractivity (Wildman–Crippen MR) is 85.7 cm³/mol. The number of nitriles is 1. The van der Waals surface area contributed by atoms with Crippen LogP contribution in [0.5, 0.6) is 0 Å². The zero-order valence-corrected chi connectivity index (χ0v) is 13.2. The SMILES string of the molecule is CCCCCCC(C#N)(CCN(C)C)c1ccccc1. The molecule has 0 spiro atoms. The molecule has 0 heterocycles. The Morgan fingerprint density at radius 3 is 2.30 bits per heavy atom. The molecule has 1 aromatic carbocycles. The zero-order chi connectivity index (χ0) is 14.8. The number of rotatable bonds is 9. The van der Waals surface area contributed by atoms with Gasteiger partial charge in [0, 0.05) is 0 Å². The van der Waals surface area contributed by atoms with Crippen molar-refractivity contribution in [2.24, 2.45) is 0 Å². The normalized spacial score (nSPS) is 13.9. The fourth-order valence-corrected chi connectivity index (χ4v) is 2.62. The van der Waals surface area contributed by atoms with Crippen LogP contribution >= 0.6 is 0 Å². The van der Waals surface area contributed by atoms with Crippen LogP contribution in [0.25, 0.3) is 0 Å². The van der Waals surface area contributed by atoms with Crippen LogP contribution in [-0.4, -0.2) is 25.5 Å². The van der Waals surface area contributed by atoms with E-state index in [9.17, 15) is 5.26 Å². The Hall–Kier alpha value is -1.33. The summed E-state index contributed by atoms with van der Waals surface area (Å²) >= 11 is 0. The Kier molecular flexibility index (Phi) is 7.33. The molecule has 0 N–H and O–H groups in total. The van der Waals surface area contributed by atoms with E-state index in [0.717, 1.165) is 25.8 Å². The van der Waals surface area contributed by atoms with E-state index in [1.54, 1.807) is 0 Å². The van der Waals surface area contributed by atoms with Crippen LogP contribution in [-0.2, 0) is 5.41 Å². The molecule has 0 aromatic heterocycles. The van der Waals surface area contributed by atoms with Crippen molar-refractivity contribution in [3.8, 4) is 6.07 Å². The van der Waals surface area contributed by atoms with Gasteiger partial charge in [-0.2, -0.15) is 5.26 Å². The van der Waals surface area contributed by atoms with E-state index in [4.69, 9.17) is 0 Å². The Morgan fingerprint density at radius 1 is 1.05 bits per heavy atom. The highest BCUT2D eigenvalue weighted by Gasteiger charge is 2.31. The van der Waals surface area contributed by atoms with Gasteiger partial charge in [-0.15, -0.1) is 0 Å². The van der Waals surface area contributed by atoms with Gasteiger partial charge in [-0.25, -0.2) is 0 Å². The van der Waals surface area contributed by atoms with Crippen molar-refractivity contribution in [1.82, 2.24) is 4.90 Å². The van der Waals surface area contributed by atoms with Crippen LogP contribution in [0.1, 0.15) is 51.0 Å². The monoisotopic (exact) mass is 272 g/mol. The lowest BCUT2D eigenvalue weighted by Crippen LogP contribution is -2.29. The summed E-state index contributed by atoms with van der Waals surface area (Å²) in [6.07, 6.45) is 6.76. The third kappa shape index (κ3) is 4.98. The van der Waals surface area contributed by atoms with Crippen LogP contribution in [0.2, 0.25) is 0 Å². The number of benzene rings is 1. The number of unbranched alkanes of at least 4 members (excludes halogenated alkanes) is 3. The van der Waals surface area contributed by atoms with Crippen LogP contribution < -0.4 is 0 Å². The van der Waals surface area contributed by atoms with E-state index in [1.807, 2.05) is 18.2 Å². The van der Waals surface area contributed by atoms with Gasteiger partial charge in [0.05, 0.1) is 11.5 Å². The van der Waals surface area contributed by atoms with Crippen molar-refractivity contribution < 1.29 is 0 Å². The zero-order valence-electron chi connectivity index (χ0n) is 13.2. The van der Waals surface area contributed by atoms with Gasteiger partial charge in [0.15, 0.2) is 0 Å². The molecule has 0 aliphatic carbocycles. The summed E-state index contributed by atoms with van der Waals surface area (Å²) in [5.41, 5.74) is 0.861. The summed E-state index contributed by atoms with van der Waals surface area (Å²) < 4.78 is 0. The second-order valence-corrected chi connectivity index (χ2v) is 5.92. The first kappa shape index (κ1) is 16.7. The third-order valence-electron chi connectivity index (χ3n) is 3.98. The molecule has 0 radical (unpaired) electrons. The molecular formula is C18H28N2. The molecule has 1 aromatic rings. The molecule has 110 valence electrons. The Balaban J connectivity index is 2.83. The summed E-state index contributed by atoms with van der Waals surface area (Å²) in [6, 6.07) is 13.0. The summed E-state index contributed by atoms with van der Waals surface area (Å²) in [5.74, 6) is 0. The molecule has 2 heteroatoms. The summed E-state index contributed by atoms with van der Waals surface area (Å²) in [6.45, 7) is 3.18. The average Bonchev–Trinajstić information content (AvgIpc) is 2.48. The smallest absolute Gasteiger partial charge is 0.0834 e. The number of hydrogen-bond donors (Lipinski definition) is 0. The van der Waals surface area contributed by atoms with Crippen molar-refractivity contribution >= 4 is 0 Å². The minimum atomic E-state index is -0.320. The Bertz CT molecular complexity index is 405. The van der Waals surface area contributed by atoms with Crippen molar-refractivity contribution in [2.75, 3.05) is 20.6 Å². The van der Waals surface area contributed by atoms with Crippen LogP contribution in [0.4, 0.5) is 0 Å². The van der Waals surface area contributed by atoms with Crippen molar-refractivity contribution in [1.29, 1.82) is 5.26 Å². The first-order chi connectivity index (χ1) is 9.64. The van der Waals surface area contributed by atoms with Gasteiger partial charge in [-0.1, -0.05) is 62.9 Å². The summed E-state index contributed by atoms with van der Waals surface area (Å²) in [5, 5.41) is 9.83. The fraction of sp³-hybridized carbons (Fsp3) is 0.611. The molecule has 0 saturated heterocycles. The lowest BCUT2D eigenvalue weighted by Gasteiger charge is -2.28. The standard InChI is InChI=1S/C18H28N2/c1-4-5-6-10-13-18(16-19,14-15-20(2)3)17-11-8-7-9-12-17/h7-9,11-12H,4-6,10,13-15H2,1-3H3. The van der Waals surface area contributed by atoms with Crippen molar-refractivity contribution in [2.45, 2.75) is 50.9 Å². The molecule has 20 heavy (non-hydrogen) atoms. The van der Waals surface area contributed by atoms with Crippen molar-refractivity contribution in [3.05, 3.63) is 35.9 Å². The highest BCUT2D eigenvalue weighted by atomic mass is 15.0. The second-order valence-electron chi connectivity index (χ2n) is 5.92. The number of nitrogens with zero attached hydrogens (tertiary/aromatic N) is 2. The lowest BCUT2D eigenvalue weighted by molar-refractivity contribution is 0.336. The van der Waals surface area contributed by atoms with Gasteiger partial charge in [0.2, 0.25) is 0 Å². The summed E-state index contributed by atoms with van der Waals surface area (Å²) in [7, 11) is 4.15. The minimum absolute atomic E-state index is 0.320. The van der Waals surface area contributed by atoms with Crippen LogP contribution in [0.3, 0.4) is 0 Å². The molecule has 1 unspecified atom stereocenters. The first-order valence-electron chi connectivity index (χ1n) is 7.76. The Morgan fingerprint density at radius 2 is 1.75 bits per heavy atom. The molecule has 0 bridgehead atoms. The largest absolute Gasteiger partial charge is 0.309 e. The third-order valence-corrected chi connectivity index (χ3v) is 3.98. The first-order valence-corrected chi connectivity index (χ1v) is 7.76. The summed E-state index contributed by atoms with van der Waals surface area (Å²) in [4.78, 5) is 2.17. The van der Waals surface area contributed by atoms with Gasteiger partial charge >= 0.3 is 0 Å². The van der Waals surface area contributed by atoms with Gasteiger partial charge in [0.1, 0.15) is 0 Å². The van der Waals surface area contributed by atoms with E-state index in [1.165, 1.54) is 24.8 Å². The molecule has 1 rings (SSSR count).